The van der Waals surface area contributed by atoms with Crippen LogP contribution in [0.25, 0.3) is 6.08 Å². The Labute approximate surface area is 92.5 Å². The van der Waals surface area contributed by atoms with Gasteiger partial charge in [-0.25, -0.2) is 0 Å². The molecule has 0 aromatic heterocycles. The van der Waals surface area contributed by atoms with Crippen LogP contribution < -0.4 is 0 Å². The molecule has 0 amide bonds. The number of carbonyl (C=O) groups is 1. The Morgan fingerprint density at radius 1 is 1.50 bits per heavy atom. The first-order valence-corrected chi connectivity index (χ1v) is 4.64. The number of para-hydroxylation sites is 1. The number of benzene rings is 1. The fraction of sp³-hybridized carbons (Fsp3) is 0.182. The zero-order valence-corrected chi connectivity index (χ0v) is 8.75. The van der Waals surface area contributed by atoms with E-state index in [-0.39, 0.29) is 18.3 Å². The summed E-state index contributed by atoms with van der Waals surface area (Å²) in [6.45, 7) is 1.42. The van der Waals surface area contributed by atoms with Crippen LogP contribution in [0.5, 0.6) is 0 Å². The Hall–Kier alpha value is -2.17. The van der Waals surface area contributed by atoms with Crippen LogP contribution in [0.15, 0.2) is 30.3 Å². The summed E-state index contributed by atoms with van der Waals surface area (Å²) in [6, 6.07) is 6.36. The fourth-order valence-electron chi connectivity index (χ4n) is 1.14. The van der Waals surface area contributed by atoms with Crippen molar-refractivity contribution in [3.63, 3.8) is 0 Å². The summed E-state index contributed by atoms with van der Waals surface area (Å²) in [5, 5.41) is 10.6. The Morgan fingerprint density at radius 2 is 2.19 bits per heavy atom. The molecule has 1 aromatic carbocycles. The first-order chi connectivity index (χ1) is 7.61. The van der Waals surface area contributed by atoms with Gasteiger partial charge in [0.1, 0.15) is 6.61 Å². The van der Waals surface area contributed by atoms with E-state index in [2.05, 4.69) is 4.74 Å². The van der Waals surface area contributed by atoms with Crippen LogP contribution in [-0.4, -0.2) is 17.5 Å². The highest BCUT2D eigenvalue weighted by Gasteiger charge is 2.08. The van der Waals surface area contributed by atoms with Gasteiger partial charge in [-0.15, -0.1) is 0 Å². The van der Waals surface area contributed by atoms with Crippen LogP contribution in [-0.2, 0) is 9.53 Å². The minimum atomic E-state index is -0.453. The second-order valence-corrected chi connectivity index (χ2v) is 3.02. The lowest BCUT2D eigenvalue weighted by Gasteiger charge is -1.97. The molecular weight excluding hydrogens is 210 g/mol. The smallest absolute Gasteiger partial charge is 0.302 e. The normalized spacial score (nSPS) is 10.3. The number of rotatable bonds is 4. The summed E-state index contributed by atoms with van der Waals surface area (Å²) in [5.41, 5.74) is 0.515. The number of hydrogen-bond donors (Lipinski definition) is 0. The van der Waals surface area contributed by atoms with Gasteiger partial charge >= 0.3 is 5.97 Å². The number of nitrogens with zero attached hydrogens (tertiary/aromatic N) is 1. The van der Waals surface area contributed by atoms with Crippen molar-refractivity contribution in [2.24, 2.45) is 0 Å². The van der Waals surface area contributed by atoms with Gasteiger partial charge in [-0.1, -0.05) is 12.1 Å². The molecule has 84 valence electrons. The number of ether oxygens (including phenoxy) is 1. The van der Waals surface area contributed by atoms with Crippen LogP contribution in [0.2, 0.25) is 0 Å². The van der Waals surface area contributed by atoms with E-state index < -0.39 is 4.92 Å². The topological polar surface area (TPSA) is 69.4 Å². The molecule has 1 rings (SSSR count). The summed E-state index contributed by atoms with van der Waals surface area (Å²) in [6.07, 6.45) is 3.12. The Kier molecular flexibility index (Phi) is 4.20. The summed E-state index contributed by atoms with van der Waals surface area (Å²) in [5.74, 6) is -0.382. The number of nitro groups is 1. The molecular formula is C11H11NO4. The highest BCUT2D eigenvalue weighted by Crippen LogP contribution is 2.18. The molecule has 5 heteroatoms. The number of carbonyl (C=O) groups excluding carboxylic acids is 1. The van der Waals surface area contributed by atoms with Gasteiger partial charge in [0.05, 0.1) is 10.5 Å². The standard InChI is InChI=1S/C11H11NO4/c1-9(13)16-8-4-6-10-5-2-3-7-11(10)12(14)15/h2-7H,8H2,1H3/b6-4+. The zero-order chi connectivity index (χ0) is 12.0. The van der Waals surface area contributed by atoms with Crippen LogP contribution >= 0.6 is 0 Å². The molecule has 0 bridgehead atoms. The Bertz CT molecular complexity index is 426. The lowest BCUT2D eigenvalue weighted by Crippen LogP contribution is -1.97. The molecule has 0 N–H and O–H groups in total. The van der Waals surface area contributed by atoms with E-state index >= 15 is 0 Å². The van der Waals surface area contributed by atoms with Crippen LogP contribution in [0.4, 0.5) is 5.69 Å². The third-order valence-corrected chi connectivity index (χ3v) is 1.81. The van der Waals surface area contributed by atoms with E-state index in [1.807, 2.05) is 0 Å². The average Bonchev–Trinajstić information content (AvgIpc) is 2.24. The molecule has 16 heavy (non-hydrogen) atoms. The molecule has 0 atom stereocenters. The summed E-state index contributed by atoms with van der Waals surface area (Å²) in [4.78, 5) is 20.7. The highest BCUT2D eigenvalue weighted by atomic mass is 16.6. The van der Waals surface area contributed by atoms with Gasteiger partial charge in [0.25, 0.3) is 5.69 Å². The van der Waals surface area contributed by atoms with E-state index in [0.29, 0.717) is 5.56 Å². The van der Waals surface area contributed by atoms with Crippen molar-refractivity contribution in [2.45, 2.75) is 6.92 Å². The van der Waals surface area contributed by atoms with E-state index in [1.54, 1.807) is 30.4 Å². The van der Waals surface area contributed by atoms with Crippen molar-refractivity contribution < 1.29 is 14.5 Å². The Morgan fingerprint density at radius 3 is 2.81 bits per heavy atom. The second-order valence-electron chi connectivity index (χ2n) is 3.02. The van der Waals surface area contributed by atoms with E-state index in [9.17, 15) is 14.9 Å². The van der Waals surface area contributed by atoms with E-state index in [4.69, 9.17) is 0 Å². The maximum absolute atomic E-state index is 10.6. The van der Waals surface area contributed by atoms with Crippen molar-refractivity contribution in [3.8, 4) is 0 Å². The molecule has 0 saturated carbocycles. The maximum atomic E-state index is 10.6. The Balaban J connectivity index is 2.73. The zero-order valence-electron chi connectivity index (χ0n) is 8.75. The fourth-order valence-corrected chi connectivity index (χ4v) is 1.14. The minimum absolute atomic E-state index is 0.0292. The molecule has 0 heterocycles. The van der Waals surface area contributed by atoms with Crippen molar-refractivity contribution >= 4 is 17.7 Å². The largest absolute Gasteiger partial charge is 0.462 e. The predicted octanol–water partition coefficient (Wildman–Crippen LogP) is 2.17. The van der Waals surface area contributed by atoms with E-state index in [0.717, 1.165) is 0 Å². The number of nitro benzene ring substituents is 1. The van der Waals surface area contributed by atoms with E-state index in [1.165, 1.54) is 13.0 Å². The van der Waals surface area contributed by atoms with Gasteiger partial charge in [-0.2, -0.15) is 0 Å². The molecule has 1 aromatic rings. The lowest BCUT2D eigenvalue weighted by molar-refractivity contribution is -0.385. The molecule has 0 saturated heterocycles. The lowest BCUT2D eigenvalue weighted by atomic mass is 10.1. The predicted molar refractivity (Wildman–Crippen MR) is 58.8 cm³/mol. The first-order valence-electron chi connectivity index (χ1n) is 4.64. The molecule has 0 fully saturated rings. The number of esters is 1. The molecule has 5 nitrogen and oxygen atoms in total. The van der Waals surface area contributed by atoms with Crippen molar-refractivity contribution in [1.29, 1.82) is 0 Å². The SMILES string of the molecule is CC(=O)OC/C=C/c1ccccc1[N+](=O)[O-]. The minimum Gasteiger partial charge on any atom is -0.462 e. The maximum Gasteiger partial charge on any atom is 0.302 e. The number of hydrogen-bond acceptors (Lipinski definition) is 4. The van der Waals surface area contributed by atoms with Gasteiger partial charge < -0.3 is 4.74 Å². The summed E-state index contributed by atoms with van der Waals surface area (Å²) >= 11 is 0. The van der Waals surface area contributed by atoms with Gasteiger partial charge in [0.15, 0.2) is 0 Å². The van der Waals surface area contributed by atoms with Gasteiger partial charge in [0, 0.05) is 13.0 Å². The van der Waals surface area contributed by atoms with Crippen LogP contribution in [0, 0.1) is 10.1 Å². The molecule has 0 aliphatic carbocycles. The third-order valence-electron chi connectivity index (χ3n) is 1.81. The van der Waals surface area contributed by atoms with Crippen LogP contribution in [0.3, 0.4) is 0 Å². The van der Waals surface area contributed by atoms with Crippen molar-refractivity contribution in [1.82, 2.24) is 0 Å². The first kappa shape index (κ1) is 11.9. The average molecular weight is 221 g/mol. The molecule has 0 aliphatic heterocycles. The van der Waals surface area contributed by atoms with Crippen LogP contribution in [0.1, 0.15) is 12.5 Å². The van der Waals surface area contributed by atoms with Crippen molar-refractivity contribution in [2.75, 3.05) is 6.61 Å². The third kappa shape index (κ3) is 3.53. The molecule has 0 unspecified atom stereocenters. The molecule has 0 spiro atoms. The van der Waals surface area contributed by atoms with Gasteiger partial charge in [-0.3, -0.25) is 14.9 Å². The monoisotopic (exact) mass is 221 g/mol. The highest BCUT2D eigenvalue weighted by molar-refractivity contribution is 5.66. The quantitative estimate of drug-likeness (QED) is 0.444. The van der Waals surface area contributed by atoms with Gasteiger partial charge in [0.2, 0.25) is 0 Å². The summed E-state index contributed by atoms with van der Waals surface area (Å²) < 4.78 is 4.67. The van der Waals surface area contributed by atoms with Crippen molar-refractivity contribution in [3.05, 3.63) is 46.0 Å². The summed E-state index contributed by atoms with van der Waals surface area (Å²) in [7, 11) is 0. The molecule has 0 radical (unpaired) electrons. The van der Waals surface area contributed by atoms with Gasteiger partial charge in [-0.05, 0) is 18.2 Å². The molecule has 0 aliphatic rings. The second kappa shape index (κ2) is 5.65.